The highest BCUT2D eigenvalue weighted by molar-refractivity contribution is 5.79. The summed E-state index contributed by atoms with van der Waals surface area (Å²) in [5, 5.41) is 10.3. The molecule has 0 bridgehead atoms. The molecule has 1 fully saturated rings. The lowest BCUT2D eigenvalue weighted by Crippen LogP contribution is -2.33. The highest BCUT2D eigenvalue weighted by Crippen LogP contribution is 2.22. The molecule has 0 radical (unpaired) electrons. The molecule has 28 heavy (non-hydrogen) atoms. The van der Waals surface area contributed by atoms with Gasteiger partial charge in [0.05, 0.1) is 19.3 Å². The third-order valence-electron chi connectivity index (χ3n) is 5.17. The van der Waals surface area contributed by atoms with Crippen molar-refractivity contribution in [3.05, 3.63) is 12.2 Å². The average Bonchev–Trinajstić information content (AvgIpc) is 3.05. The molecule has 1 rings (SSSR count). The Bertz CT molecular complexity index is 561. The number of hydrogen-bond acceptors (Lipinski definition) is 4. The topological polar surface area (TPSA) is 66.8 Å². The van der Waals surface area contributed by atoms with Gasteiger partial charge in [0.15, 0.2) is 0 Å². The van der Waals surface area contributed by atoms with Crippen LogP contribution in [-0.2, 0) is 14.3 Å². The Morgan fingerprint density at radius 1 is 1.32 bits per heavy atom. The van der Waals surface area contributed by atoms with Gasteiger partial charge in [0.2, 0.25) is 5.91 Å². The first-order valence-corrected chi connectivity index (χ1v) is 10.7. The predicted octanol–water partition coefficient (Wildman–Crippen LogP) is 3.85. The Balaban J connectivity index is 2.36. The normalized spacial score (nSPS) is 18.8. The maximum absolute atomic E-state index is 12.2. The summed E-state index contributed by atoms with van der Waals surface area (Å²) in [4.78, 5) is 25.2. The van der Waals surface area contributed by atoms with Crippen molar-refractivity contribution in [2.24, 2.45) is 5.92 Å². The fourth-order valence-electron chi connectivity index (χ4n) is 3.25. The molecule has 0 aliphatic carbocycles. The molecule has 0 aromatic rings. The predicted molar refractivity (Wildman–Crippen MR) is 111 cm³/mol. The van der Waals surface area contributed by atoms with Crippen molar-refractivity contribution < 1.29 is 19.4 Å². The SMILES string of the molecule is CCCC#CC[C@H](C)[C@H](O)C=CC1CCC(=O)N1CCCCCCC(=O)OC. The highest BCUT2D eigenvalue weighted by Gasteiger charge is 2.28. The van der Waals surface area contributed by atoms with E-state index in [9.17, 15) is 14.7 Å². The summed E-state index contributed by atoms with van der Waals surface area (Å²) in [5.41, 5.74) is 0. The second-order valence-corrected chi connectivity index (χ2v) is 7.59. The molecule has 0 spiro atoms. The number of amides is 1. The molecule has 1 amide bonds. The van der Waals surface area contributed by atoms with Crippen LogP contribution < -0.4 is 0 Å². The van der Waals surface area contributed by atoms with Gasteiger partial charge in [-0.15, -0.1) is 11.8 Å². The molecule has 3 atom stereocenters. The van der Waals surface area contributed by atoms with Crippen LogP contribution in [-0.4, -0.2) is 47.7 Å². The number of carbonyl (C=O) groups excluding carboxylic acids is 2. The van der Waals surface area contributed by atoms with Crippen molar-refractivity contribution in [3.8, 4) is 11.8 Å². The Morgan fingerprint density at radius 3 is 2.79 bits per heavy atom. The van der Waals surface area contributed by atoms with Gasteiger partial charge < -0.3 is 14.7 Å². The molecular formula is C23H37NO4. The van der Waals surface area contributed by atoms with Gasteiger partial charge in [-0.1, -0.05) is 38.8 Å². The van der Waals surface area contributed by atoms with Crippen molar-refractivity contribution in [1.29, 1.82) is 0 Å². The maximum atomic E-state index is 12.2. The van der Waals surface area contributed by atoms with Crippen molar-refractivity contribution >= 4 is 11.9 Å². The Hall–Kier alpha value is -1.80. The van der Waals surface area contributed by atoms with Crippen LogP contribution in [0.1, 0.15) is 78.1 Å². The second kappa shape index (κ2) is 14.2. The molecule has 1 aliphatic heterocycles. The van der Waals surface area contributed by atoms with E-state index in [0.717, 1.165) is 51.5 Å². The number of ether oxygens (including phenoxy) is 1. The maximum Gasteiger partial charge on any atom is 0.305 e. The first-order chi connectivity index (χ1) is 13.5. The number of methoxy groups -OCH3 is 1. The summed E-state index contributed by atoms with van der Waals surface area (Å²) in [5.74, 6) is 6.36. The second-order valence-electron chi connectivity index (χ2n) is 7.59. The van der Waals surface area contributed by atoms with Gasteiger partial charge in [0, 0.05) is 32.2 Å². The van der Waals surface area contributed by atoms with Gasteiger partial charge in [0.25, 0.3) is 0 Å². The van der Waals surface area contributed by atoms with Gasteiger partial charge in [-0.05, 0) is 31.6 Å². The van der Waals surface area contributed by atoms with E-state index < -0.39 is 6.10 Å². The van der Waals surface area contributed by atoms with E-state index in [4.69, 9.17) is 0 Å². The number of nitrogens with zero attached hydrogens (tertiary/aromatic N) is 1. The van der Waals surface area contributed by atoms with Crippen molar-refractivity contribution in [2.75, 3.05) is 13.7 Å². The van der Waals surface area contributed by atoms with E-state index in [2.05, 4.69) is 23.5 Å². The van der Waals surface area contributed by atoms with Crippen molar-refractivity contribution in [3.63, 3.8) is 0 Å². The molecule has 1 aliphatic rings. The molecule has 1 N–H and O–H groups in total. The molecule has 5 nitrogen and oxygen atoms in total. The molecule has 1 heterocycles. The summed E-state index contributed by atoms with van der Waals surface area (Å²) in [7, 11) is 1.41. The standard InChI is InChI=1S/C23H37NO4/c1-4-5-6-9-12-19(2)21(25)16-14-20-15-17-22(26)24(20)18-11-8-7-10-13-23(27)28-3/h14,16,19-21,25H,4-5,7-8,10-13,15,17-18H2,1-3H3/t19-,20?,21+/m0/s1. The van der Waals surface area contributed by atoms with Crippen molar-refractivity contribution in [2.45, 2.75) is 90.2 Å². The number of hydrogen-bond donors (Lipinski definition) is 1. The van der Waals surface area contributed by atoms with Crippen molar-refractivity contribution in [1.82, 2.24) is 4.90 Å². The van der Waals surface area contributed by atoms with Crippen LogP contribution in [0.2, 0.25) is 0 Å². The Labute approximate surface area is 170 Å². The summed E-state index contributed by atoms with van der Waals surface area (Å²) in [6, 6.07) is 0.0793. The minimum Gasteiger partial charge on any atom is -0.469 e. The minimum absolute atomic E-state index is 0.0793. The molecule has 0 aromatic heterocycles. The van der Waals surface area contributed by atoms with Crippen LogP contribution in [0.3, 0.4) is 0 Å². The van der Waals surface area contributed by atoms with Crippen LogP contribution in [0.25, 0.3) is 0 Å². The molecule has 0 saturated carbocycles. The smallest absolute Gasteiger partial charge is 0.305 e. The Kier molecular flexibility index (Phi) is 12.3. The van der Waals surface area contributed by atoms with Crippen LogP contribution in [0.5, 0.6) is 0 Å². The molecule has 158 valence electrons. The summed E-state index contributed by atoms with van der Waals surface area (Å²) >= 11 is 0. The first-order valence-electron chi connectivity index (χ1n) is 10.7. The molecule has 5 heteroatoms. The zero-order chi connectivity index (χ0) is 20.8. The van der Waals surface area contributed by atoms with Gasteiger partial charge >= 0.3 is 5.97 Å². The van der Waals surface area contributed by atoms with E-state index in [-0.39, 0.29) is 23.8 Å². The number of rotatable bonds is 12. The van der Waals surface area contributed by atoms with Crippen LogP contribution in [0.4, 0.5) is 0 Å². The quantitative estimate of drug-likeness (QED) is 0.237. The lowest BCUT2D eigenvalue weighted by Gasteiger charge is -2.23. The van der Waals surface area contributed by atoms with Crippen LogP contribution in [0, 0.1) is 17.8 Å². The molecule has 1 saturated heterocycles. The number of aliphatic hydroxyl groups is 1. The molecule has 1 unspecified atom stereocenters. The molecular weight excluding hydrogens is 354 g/mol. The fraction of sp³-hybridized carbons (Fsp3) is 0.739. The number of aliphatic hydroxyl groups excluding tert-OH is 1. The number of carbonyl (C=O) groups is 2. The van der Waals surface area contributed by atoms with Gasteiger partial charge in [0.1, 0.15) is 0 Å². The zero-order valence-electron chi connectivity index (χ0n) is 17.8. The van der Waals surface area contributed by atoms with E-state index in [1.54, 1.807) is 0 Å². The number of esters is 1. The Morgan fingerprint density at radius 2 is 2.07 bits per heavy atom. The van der Waals surface area contributed by atoms with Crippen LogP contribution >= 0.6 is 0 Å². The summed E-state index contributed by atoms with van der Waals surface area (Å²) in [6.07, 6.45) is 11.5. The monoisotopic (exact) mass is 391 g/mol. The molecule has 0 aromatic carbocycles. The number of likely N-dealkylation sites (tertiary alicyclic amines) is 1. The first kappa shape index (κ1) is 24.2. The van der Waals surface area contributed by atoms with Gasteiger partial charge in [-0.25, -0.2) is 0 Å². The number of unbranched alkanes of at least 4 members (excludes halogenated alkanes) is 4. The highest BCUT2D eigenvalue weighted by atomic mass is 16.5. The summed E-state index contributed by atoms with van der Waals surface area (Å²) in [6.45, 7) is 4.84. The van der Waals surface area contributed by atoms with E-state index in [0.29, 0.717) is 19.3 Å². The lowest BCUT2D eigenvalue weighted by molar-refractivity contribution is -0.140. The lowest BCUT2D eigenvalue weighted by atomic mass is 9.99. The van der Waals surface area contributed by atoms with E-state index in [1.807, 2.05) is 24.0 Å². The minimum atomic E-state index is -0.535. The van der Waals surface area contributed by atoms with Gasteiger partial charge in [-0.3, -0.25) is 9.59 Å². The summed E-state index contributed by atoms with van der Waals surface area (Å²) < 4.78 is 4.63. The third kappa shape index (κ3) is 9.41. The van der Waals surface area contributed by atoms with E-state index in [1.165, 1.54) is 7.11 Å². The van der Waals surface area contributed by atoms with Gasteiger partial charge in [-0.2, -0.15) is 0 Å². The third-order valence-corrected chi connectivity index (χ3v) is 5.17. The largest absolute Gasteiger partial charge is 0.469 e. The average molecular weight is 392 g/mol. The van der Waals surface area contributed by atoms with Crippen LogP contribution in [0.15, 0.2) is 12.2 Å². The zero-order valence-corrected chi connectivity index (χ0v) is 17.8. The fourth-order valence-corrected chi connectivity index (χ4v) is 3.25. The van der Waals surface area contributed by atoms with E-state index >= 15 is 0 Å².